The second kappa shape index (κ2) is 4.42. The second-order valence-electron chi connectivity index (χ2n) is 4.44. The predicted molar refractivity (Wildman–Crippen MR) is 72.8 cm³/mol. The van der Waals surface area contributed by atoms with Crippen LogP contribution in [0.5, 0.6) is 5.75 Å². The third-order valence-electron chi connectivity index (χ3n) is 2.90. The van der Waals surface area contributed by atoms with E-state index < -0.39 is 0 Å². The molecule has 2 rings (SSSR count). The Balaban J connectivity index is 2.72. The number of phenols is 1. The average Bonchev–Trinajstić information content (AvgIpc) is 2.21. The third kappa shape index (κ3) is 2.29. The number of hydrogen-bond donors (Lipinski definition) is 1. The zero-order chi connectivity index (χ0) is 12.6. The molecule has 1 nitrogen and oxygen atoms in total. The molecule has 0 aliphatic rings. The van der Waals surface area contributed by atoms with Crippen LogP contribution in [0.2, 0.25) is 5.02 Å². The zero-order valence-corrected chi connectivity index (χ0v) is 11.0. The van der Waals surface area contributed by atoms with Crippen LogP contribution in [0.4, 0.5) is 0 Å². The van der Waals surface area contributed by atoms with E-state index in [2.05, 4.69) is 32.9 Å². The zero-order valence-electron chi connectivity index (χ0n) is 10.2. The molecule has 0 saturated carbocycles. The standard InChI is InChI=1S/C15H15ClO/c1-9-6-10(2)15(11(3)7-9)13-8-12(16)4-5-14(13)17/h4-8,17H,1-3H3. The van der Waals surface area contributed by atoms with Gasteiger partial charge in [-0.25, -0.2) is 0 Å². The minimum atomic E-state index is 0.268. The minimum absolute atomic E-state index is 0.268. The van der Waals surface area contributed by atoms with Gasteiger partial charge in [-0.15, -0.1) is 0 Å². The highest BCUT2D eigenvalue weighted by molar-refractivity contribution is 6.31. The van der Waals surface area contributed by atoms with Crippen molar-refractivity contribution in [1.82, 2.24) is 0 Å². The molecule has 0 atom stereocenters. The molecular formula is C15H15ClO. The summed E-state index contributed by atoms with van der Waals surface area (Å²) in [4.78, 5) is 0. The molecule has 0 spiro atoms. The Morgan fingerprint density at radius 1 is 0.941 bits per heavy atom. The van der Waals surface area contributed by atoms with Gasteiger partial charge < -0.3 is 5.11 Å². The fraction of sp³-hybridized carbons (Fsp3) is 0.200. The van der Waals surface area contributed by atoms with Crippen molar-refractivity contribution in [1.29, 1.82) is 0 Å². The molecular weight excluding hydrogens is 232 g/mol. The molecule has 1 N–H and O–H groups in total. The summed E-state index contributed by atoms with van der Waals surface area (Å²) in [5, 5.41) is 10.6. The summed E-state index contributed by atoms with van der Waals surface area (Å²) >= 11 is 5.99. The lowest BCUT2D eigenvalue weighted by Crippen LogP contribution is -1.90. The molecule has 0 radical (unpaired) electrons. The summed E-state index contributed by atoms with van der Waals surface area (Å²) in [6, 6.07) is 9.36. The highest BCUT2D eigenvalue weighted by Crippen LogP contribution is 2.36. The van der Waals surface area contributed by atoms with Crippen LogP contribution in [-0.2, 0) is 0 Å². The summed E-state index contributed by atoms with van der Waals surface area (Å²) < 4.78 is 0. The maximum atomic E-state index is 9.95. The van der Waals surface area contributed by atoms with Gasteiger partial charge in [0.15, 0.2) is 0 Å². The van der Waals surface area contributed by atoms with Gasteiger partial charge in [0.25, 0.3) is 0 Å². The molecule has 0 unspecified atom stereocenters. The molecule has 0 amide bonds. The Morgan fingerprint density at radius 3 is 2.12 bits per heavy atom. The number of aromatic hydroxyl groups is 1. The topological polar surface area (TPSA) is 20.2 Å². The monoisotopic (exact) mass is 246 g/mol. The van der Waals surface area contributed by atoms with Crippen LogP contribution in [0.3, 0.4) is 0 Å². The van der Waals surface area contributed by atoms with Crippen molar-refractivity contribution < 1.29 is 5.11 Å². The van der Waals surface area contributed by atoms with E-state index in [9.17, 15) is 5.11 Å². The van der Waals surface area contributed by atoms with Crippen molar-refractivity contribution >= 4 is 11.6 Å². The first-order chi connectivity index (χ1) is 7.99. The second-order valence-corrected chi connectivity index (χ2v) is 4.87. The maximum Gasteiger partial charge on any atom is 0.123 e. The first kappa shape index (κ1) is 12.0. The molecule has 0 aliphatic heterocycles. The number of halogens is 1. The Labute approximate surface area is 107 Å². The molecule has 0 aliphatic carbocycles. The van der Waals surface area contributed by atoms with Gasteiger partial charge in [-0.1, -0.05) is 29.3 Å². The van der Waals surface area contributed by atoms with Gasteiger partial charge in [-0.3, -0.25) is 0 Å². The highest BCUT2D eigenvalue weighted by atomic mass is 35.5. The van der Waals surface area contributed by atoms with Crippen LogP contribution >= 0.6 is 11.6 Å². The fourth-order valence-electron chi connectivity index (χ4n) is 2.31. The summed E-state index contributed by atoms with van der Waals surface area (Å²) in [5.74, 6) is 0.268. The quantitative estimate of drug-likeness (QED) is 0.777. The molecule has 17 heavy (non-hydrogen) atoms. The largest absolute Gasteiger partial charge is 0.507 e. The summed E-state index contributed by atoms with van der Waals surface area (Å²) in [6.45, 7) is 6.17. The van der Waals surface area contributed by atoms with E-state index in [-0.39, 0.29) is 5.75 Å². The van der Waals surface area contributed by atoms with Crippen molar-refractivity contribution in [2.75, 3.05) is 0 Å². The Kier molecular flexibility index (Phi) is 3.12. The Hall–Kier alpha value is -1.47. The number of rotatable bonds is 1. The first-order valence-electron chi connectivity index (χ1n) is 5.56. The summed E-state index contributed by atoms with van der Waals surface area (Å²) in [5.41, 5.74) is 5.40. The lowest BCUT2D eigenvalue weighted by Gasteiger charge is -2.13. The highest BCUT2D eigenvalue weighted by Gasteiger charge is 2.11. The Bertz CT molecular complexity index is 550. The van der Waals surface area contributed by atoms with Crippen LogP contribution in [0, 0.1) is 20.8 Å². The van der Waals surface area contributed by atoms with E-state index in [4.69, 9.17) is 11.6 Å². The smallest absolute Gasteiger partial charge is 0.123 e. The lowest BCUT2D eigenvalue weighted by molar-refractivity contribution is 0.477. The van der Waals surface area contributed by atoms with E-state index in [1.165, 1.54) is 5.56 Å². The van der Waals surface area contributed by atoms with Gasteiger partial charge in [0, 0.05) is 10.6 Å². The van der Waals surface area contributed by atoms with Gasteiger partial charge in [0.2, 0.25) is 0 Å². The fourth-order valence-corrected chi connectivity index (χ4v) is 2.49. The van der Waals surface area contributed by atoms with Crippen molar-refractivity contribution in [3.05, 3.63) is 52.0 Å². The normalized spacial score (nSPS) is 10.6. The summed E-state index contributed by atoms with van der Waals surface area (Å²) in [6.07, 6.45) is 0. The van der Waals surface area contributed by atoms with E-state index in [0.717, 1.165) is 22.3 Å². The Morgan fingerprint density at radius 2 is 1.53 bits per heavy atom. The molecule has 0 fully saturated rings. The average molecular weight is 247 g/mol. The molecule has 0 heterocycles. The molecule has 2 heteroatoms. The van der Waals surface area contributed by atoms with Crippen LogP contribution in [0.1, 0.15) is 16.7 Å². The van der Waals surface area contributed by atoms with Gasteiger partial charge in [-0.2, -0.15) is 0 Å². The third-order valence-corrected chi connectivity index (χ3v) is 3.14. The van der Waals surface area contributed by atoms with Gasteiger partial charge in [0.05, 0.1) is 0 Å². The van der Waals surface area contributed by atoms with E-state index >= 15 is 0 Å². The van der Waals surface area contributed by atoms with Gasteiger partial charge >= 0.3 is 0 Å². The number of hydrogen-bond acceptors (Lipinski definition) is 1. The van der Waals surface area contributed by atoms with Gasteiger partial charge in [-0.05, 0) is 55.7 Å². The lowest BCUT2D eigenvalue weighted by atomic mass is 9.93. The van der Waals surface area contributed by atoms with E-state index in [1.807, 2.05) is 6.07 Å². The SMILES string of the molecule is Cc1cc(C)c(-c2cc(Cl)ccc2O)c(C)c1. The molecule has 0 saturated heterocycles. The maximum absolute atomic E-state index is 9.95. The van der Waals surface area contributed by atoms with Gasteiger partial charge in [0.1, 0.15) is 5.75 Å². The van der Waals surface area contributed by atoms with Crippen molar-refractivity contribution in [2.45, 2.75) is 20.8 Å². The molecule has 0 bridgehead atoms. The van der Waals surface area contributed by atoms with Crippen LogP contribution < -0.4 is 0 Å². The van der Waals surface area contributed by atoms with Crippen molar-refractivity contribution in [3.8, 4) is 16.9 Å². The molecule has 88 valence electrons. The first-order valence-corrected chi connectivity index (χ1v) is 5.93. The minimum Gasteiger partial charge on any atom is -0.507 e. The van der Waals surface area contributed by atoms with Crippen LogP contribution in [-0.4, -0.2) is 5.11 Å². The van der Waals surface area contributed by atoms with E-state index in [0.29, 0.717) is 5.02 Å². The summed E-state index contributed by atoms with van der Waals surface area (Å²) in [7, 11) is 0. The number of phenolic OH excluding ortho intramolecular Hbond substituents is 1. The predicted octanol–water partition coefficient (Wildman–Crippen LogP) is 4.64. The van der Waals surface area contributed by atoms with E-state index in [1.54, 1.807) is 12.1 Å². The number of aryl methyl sites for hydroxylation is 3. The number of benzene rings is 2. The van der Waals surface area contributed by atoms with Crippen molar-refractivity contribution in [3.63, 3.8) is 0 Å². The van der Waals surface area contributed by atoms with Crippen molar-refractivity contribution in [2.24, 2.45) is 0 Å². The molecule has 0 aromatic heterocycles. The molecule has 2 aromatic rings. The van der Waals surface area contributed by atoms with Crippen LogP contribution in [0.15, 0.2) is 30.3 Å². The van der Waals surface area contributed by atoms with Crippen LogP contribution in [0.25, 0.3) is 11.1 Å². The molecule has 2 aromatic carbocycles.